The van der Waals surface area contributed by atoms with Crippen molar-refractivity contribution in [3.8, 4) is 34.5 Å². The minimum atomic E-state index is -4.66. The molecule has 0 saturated heterocycles. The second-order valence-corrected chi connectivity index (χ2v) is 23.1. The second kappa shape index (κ2) is 32.5. The quantitative estimate of drug-likeness (QED) is 0.127. The molecule has 18 heteroatoms. The van der Waals surface area contributed by atoms with E-state index in [1.54, 1.807) is 69.3 Å². The molecule has 0 aliphatic heterocycles. The van der Waals surface area contributed by atoms with Gasteiger partial charge in [-0.1, -0.05) is 179 Å². The molecule has 0 saturated carbocycles. The van der Waals surface area contributed by atoms with Crippen molar-refractivity contribution in [2.75, 3.05) is 13.7 Å². The fourth-order valence-electron chi connectivity index (χ4n) is 10.7. The zero-order chi connectivity index (χ0) is 70.3. The molecule has 12 aromatic carbocycles. The molecule has 6 nitrogen and oxygen atoms in total. The molecule has 0 amide bonds. The molecular weight excluding hydrogens is 1260 g/mol. The number of rotatable bonds is 10. The minimum absolute atomic E-state index is 0.116. The average Bonchev–Trinajstić information content (AvgIpc) is 0.852. The van der Waals surface area contributed by atoms with E-state index >= 15 is 0 Å². The predicted octanol–water partition coefficient (Wildman–Crippen LogP) is 24.4. The Kier molecular flexibility index (Phi) is 24.9. The number of hydrogen-bond acceptors (Lipinski definition) is 6. The van der Waals surface area contributed by atoms with Crippen LogP contribution in [0.1, 0.15) is 66.8 Å². The molecule has 0 aromatic heterocycles. The second-order valence-electron chi connectivity index (χ2n) is 23.1. The lowest BCUT2D eigenvalue weighted by Crippen LogP contribution is -2.18. The van der Waals surface area contributed by atoms with Gasteiger partial charge in [-0.05, 0) is 185 Å². The Morgan fingerprint density at radius 2 is 0.562 bits per heavy atom. The number of halogens is 12. The maximum absolute atomic E-state index is 12.3. The Morgan fingerprint density at radius 3 is 0.958 bits per heavy atom. The lowest BCUT2D eigenvalue weighted by Gasteiger charge is -2.14. The first-order chi connectivity index (χ1) is 45.3. The topological polar surface area (TPSA) is 55.4 Å². The largest absolute Gasteiger partial charge is 0.573 e. The number of alkyl halides is 12. The van der Waals surface area contributed by atoms with Crippen LogP contribution < -0.4 is 28.4 Å². The summed E-state index contributed by atoms with van der Waals surface area (Å²) in [7, 11) is 0. The van der Waals surface area contributed by atoms with Crippen molar-refractivity contribution in [2.45, 2.75) is 109 Å². The maximum Gasteiger partial charge on any atom is 0.573 e. The van der Waals surface area contributed by atoms with Crippen LogP contribution in [0.3, 0.4) is 0 Å². The Balaban J connectivity index is 0.000000163. The number of hydrogen-bond donors (Lipinski definition) is 0. The van der Waals surface area contributed by atoms with E-state index in [1.807, 2.05) is 178 Å². The van der Waals surface area contributed by atoms with Crippen LogP contribution in [-0.4, -0.2) is 39.7 Å². The summed E-state index contributed by atoms with van der Waals surface area (Å²) in [5.74, 6) is 1.53. The average molecular weight is 1330 g/mol. The third kappa shape index (κ3) is 20.8. The maximum atomic E-state index is 12.3. The van der Waals surface area contributed by atoms with Gasteiger partial charge in [0.2, 0.25) is 13.7 Å². The van der Waals surface area contributed by atoms with Crippen LogP contribution in [-0.2, 0) is 0 Å². The van der Waals surface area contributed by atoms with Gasteiger partial charge in [0.15, 0.2) is 0 Å². The molecule has 12 rings (SSSR count). The van der Waals surface area contributed by atoms with Crippen molar-refractivity contribution in [1.82, 2.24) is 0 Å². The SMILES string of the molecule is Cc1cc(OC(F)(F)F)c2cc(C)ccc2c1.Cc1cc(OC(F)F)c2cc(C)ccc2c1.Cc1cc(OCF)c2cc(C)ccc2c1.Cc1ccc2c(OC(F)(F)F)c(C)ccc2c1.Cc1ccc2c(OC(F)F)c(C)ccc2c1.Cc1ccc2c(OCF)c(C)ccc2c1. The van der Waals surface area contributed by atoms with Crippen LogP contribution in [0.2, 0.25) is 0 Å². The summed E-state index contributed by atoms with van der Waals surface area (Å²) in [6, 6.07) is 56.0. The molecule has 0 aliphatic carbocycles. The summed E-state index contributed by atoms with van der Waals surface area (Å²) in [4.78, 5) is 0. The summed E-state index contributed by atoms with van der Waals surface area (Å²) in [5, 5.41) is 9.86. The highest BCUT2D eigenvalue weighted by Crippen LogP contribution is 2.38. The van der Waals surface area contributed by atoms with Gasteiger partial charge in [0.05, 0.1) is 0 Å². The van der Waals surface area contributed by atoms with E-state index in [4.69, 9.17) is 9.47 Å². The molecule has 0 spiro atoms. The lowest BCUT2D eigenvalue weighted by atomic mass is 10.0. The van der Waals surface area contributed by atoms with E-state index in [-0.39, 0.29) is 23.0 Å². The highest BCUT2D eigenvalue weighted by Gasteiger charge is 2.33. The predicted molar refractivity (Wildman–Crippen MR) is 360 cm³/mol. The van der Waals surface area contributed by atoms with Crippen LogP contribution in [0.4, 0.5) is 52.7 Å². The Hall–Kier alpha value is -9.84. The van der Waals surface area contributed by atoms with Crippen LogP contribution >= 0.6 is 0 Å². The molecule has 0 N–H and O–H groups in total. The lowest BCUT2D eigenvalue weighted by molar-refractivity contribution is -0.275. The van der Waals surface area contributed by atoms with E-state index in [0.717, 1.165) is 109 Å². The zero-order valence-corrected chi connectivity index (χ0v) is 54.9. The first-order valence-electron chi connectivity index (χ1n) is 30.1. The van der Waals surface area contributed by atoms with Crippen molar-refractivity contribution in [2.24, 2.45) is 0 Å². The summed E-state index contributed by atoms with van der Waals surface area (Å²) in [6.45, 7) is 15.4. The molecule has 96 heavy (non-hydrogen) atoms. The summed E-state index contributed by atoms with van der Waals surface area (Å²) < 4.78 is 175. The molecule has 12 aromatic rings. The van der Waals surface area contributed by atoms with Gasteiger partial charge in [-0.2, -0.15) is 17.6 Å². The van der Waals surface area contributed by atoms with Gasteiger partial charge in [0.1, 0.15) is 34.5 Å². The Bertz CT molecular complexity index is 4610. The third-order valence-corrected chi connectivity index (χ3v) is 14.9. The Labute approximate surface area is 549 Å². The number of ether oxygens (including phenoxy) is 6. The first-order valence-corrected chi connectivity index (χ1v) is 30.1. The number of fused-ring (bicyclic) bond motifs is 6. The third-order valence-electron chi connectivity index (χ3n) is 14.9. The molecule has 504 valence electrons. The van der Waals surface area contributed by atoms with Crippen molar-refractivity contribution < 1.29 is 81.1 Å². The molecule has 0 fully saturated rings. The van der Waals surface area contributed by atoms with Gasteiger partial charge in [-0.25, -0.2) is 8.78 Å². The van der Waals surface area contributed by atoms with Crippen molar-refractivity contribution in [3.05, 3.63) is 249 Å². The van der Waals surface area contributed by atoms with Crippen molar-refractivity contribution >= 4 is 64.6 Å². The fraction of sp³-hybridized carbons (Fsp3) is 0.231. The monoisotopic (exact) mass is 1330 g/mol. The minimum Gasteiger partial charge on any atom is -0.462 e. The van der Waals surface area contributed by atoms with E-state index in [1.165, 1.54) is 11.6 Å². The van der Waals surface area contributed by atoms with Crippen LogP contribution in [0.5, 0.6) is 34.5 Å². The normalized spacial score (nSPS) is 11.2. The van der Waals surface area contributed by atoms with Crippen LogP contribution in [0, 0.1) is 83.1 Å². The van der Waals surface area contributed by atoms with E-state index in [0.29, 0.717) is 27.8 Å². The molecular formula is C78H72F12O6. The van der Waals surface area contributed by atoms with Gasteiger partial charge in [0.25, 0.3) is 0 Å². The standard InChI is InChI=1S/2C13H11F3O.2C13H12F2O.2C13H13FO/c1-8-3-6-11-10(7-8)5-4-9(2)12(11)17-13(14,15)16;1-8-3-4-10-5-9(2)7-12(11(10)6-8)17-13(14,15)16;1-8-3-6-11-10(7-8)5-4-9(2)12(11)16-13(14)15;1-8-3-4-10-5-9(2)7-12(11(10)6-8)16-13(14)15;1-9-3-6-12-11(7-9)5-4-10(2)13(12)15-8-14;1-9-3-4-11-5-10(2)7-13(15-8-14)12(11)6-9/h2*3-7H,1-2H3;2*3-7,13H,1-2H3;2*3-7H,8H2,1-2H3. The van der Waals surface area contributed by atoms with Gasteiger partial charge >= 0.3 is 25.9 Å². The summed E-state index contributed by atoms with van der Waals surface area (Å²) in [6.07, 6.45) is -9.33. The fourth-order valence-corrected chi connectivity index (χ4v) is 10.7. The van der Waals surface area contributed by atoms with Gasteiger partial charge in [-0.3, -0.25) is 0 Å². The van der Waals surface area contributed by atoms with E-state index in [2.05, 4.69) is 31.1 Å². The van der Waals surface area contributed by atoms with Crippen molar-refractivity contribution in [3.63, 3.8) is 0 Å². The molecule has 0 unspecified atom stereocenters. The Morgan fingerprint density at radius 1 is 0.271 bits per heavy atom. The zero-order valence-electron chi connectivity index (χ0n) is 54.9. The summed E-state index contributed by atoms with van der Waals surface area (Å²) in [5.41, 5.74) is 11.2. The first kappa shape index (κ1) is 73.6. The van der Waals surface area contributed by atoms with Crippen LogP contribution in [0.15, 0.2) is 182 Å². The van der Waals surface area contributed by atoms with Crippen LogP contribution in [0.25, 0.3) is 64.6 Å². The molecule has 0 aliphatic rings. The highest BCUT2D eigenvalue weighted by atomic mass is 19.4. The molecule has 0 bridgehead atoms. The van der Waals surface area contributed by atoms with Crippen molar-refractivity contribution in [1.29, 1.82) is 0 Å². The molecule has 0 heterocycles. The molecule has 0 radical (unpaired) electrons. The van der Waals surface area contributed by atoms with Gasteiger partial charge in [0, 0.05) is 32.3 Å². The van der Waals surface area contributed by atoms with E-state index < -0.39 is 39.7 Å². The van der Waals surface area contributed by atoms with Gasteiger partial charge in [-0.15, -0.1) is 26.3 Å². The number of benzene rings is 12. The highest BCUT2D eigenvalue weighted by molar-refractivity contribution is 5.94. The molecule has 0 atom stereocenters. The number of aryl methyl sites for hydroxylation is 12. The van der Waals surface area contributed by atoms with Gasteiger partial charge < -0.3 is 28.4 Å². The summed E-state index contributed by atoms with van der Waals surface area (Å²) >= 11 is 0. The smallest absolute Gasteiger partial charge is 0.462 e. The van der Waals surface area contributed by atoms with E-state index in [9.17, 15) is 52.7 Å².